The van der Waals surface area contributed by atoms with E-state index >= 15 is 0 Å². The third kappa shape index (κ3) is 12.1. The maximum absolute atomic E-state index is 6.28. The lowest BCUT2D eigenvalue weighted by Crippen LogP contribution is -2.11. The number of pyridine rings is 1. The van der Waals surface area contributed by atoms with E-state index in [1.807, 2.05) is 0 Å². The molecule has 0 spiro atoms. The van der Waals surface area contributed by atoms with E-state index in [1.54, 1.807) is 0 Å². The Morgan fingerprint density at radius 2 is 1.06 bits per heavy atom. The topological polar surface area (TPSA) is 31.4 Å². The fourth-order valence-corrected chi connectivity index (χ4v) is 6.76. The molecule has 5 rings (SSSR count). The molecule has 0 radical (unpaired) electrons. The van der Waals surface area contributed by atoms with Crippen LogP contribution in [0.4, 0.5) is 0 Å². The van der Waals surface area contributed by atoms with Gasteiger partial charge >= 0.3 is 0 Å². The van der Waals surface area contributed by atoms with Gasteiger partial charge in [0.25, 0.3) is 0 Å². The van der Waals surface area contributed by atoms with E-state index in [1.165, 1.54) is 55.2 Å². The normalized spacial score (nSPS) is 12.7. The highest BCUT2D eigenvalue weighted by atomic mass is 16.5. The second-order valence-corrected chi connectivity index (χ2v) is 14.8. The van der Waals surface area contributed by atoms with Crippen molar-refractivity contribution in [2.24, 2.45) is 11.8 Å². The molecule has 1 heterocycles. The number of benzene rings is 4. The van der Waals surface area contributed by atoms with Crippen LogP contribution in [-0.2, 0) is 0 Å². The fraction of sp³-hybridized carbons (Fsp3) is 0.353. The Bertz CT molecular complexity index is 1940. The van der Waals surface area contributed by atoms with Crippen LogP contribution in [0.25, 0.3) is 46.6 Å². The summed E-state index contributed by atoms with van der Waals surface area (Å²) in [5.41, 5.74) is 11.1. The summed E-state index contributed by atoms with van der Waals surface area (Å²) in [5.74, 6) is 3.03. The van der Waals surface area contributed by atoms with Gasteiger partial charge in [0, 0.05) is 11.3 Å². The molecule has 0 amide bonds. The van der Waals surface area contributed by atoms with Crippen molar-refractivity contribution in [2.75, 3.05) is 13.2 Å². The SMILES string of the molecule is CCCCC(CC)COc1cccc(C=Cc2cc(-c3ccc(-c4ccc(C)cc4)cc3)c(/C=C/c3cccc(OCC(CC)CCCC)c3)nc2C)c1. The van der Waals surface area contributed by atoms with Gasteiger partial charge in [0.2, 0.25) is 0 Å². The van der Waals surface area contributed by atoms with Crippen LogP contribution in [0.5, 0.6) is 11.5 Å². The molecule has 0 N–H and O–H groups in total. The lowest BCUT2D eigenvalue weighted by molar-refractivity contribution is 0.233. The van der Waals surface area contributed by atoms with Crippen LogP contribution in [0.1, 0.15) is 113 Å². The van der Waals surface area contributed by atoms with Crippen molar-refractivity contribution in [3.05, 3.63) is 137 Å². The van der Waals surface area contributed by atoms with Gasteiger partial charge in [0.1, 0.15) is 11.5 Å². The summed E-state index contributed by atoms with van der Waals surface area (Å²) in [6.07, 6.45) is 18.3. The number of hydrogen-bond acceptors (Lipinski definition) is 3. The second-order valence-electron chi connectivity index (χ2n) is 14.8. The Hall–Kier alpha value is -4.89. The molecular formula is C51H61NO2. The minimum Gasteiger partial charge on any atom is -0.493 e. The summed E-state index contributed by atoms with van der Waals surface area (Å²) in [6.45, 7) is 14.8. The Balaban J connectivity index is 1.41. The molecule has 2 unspecified atom stereocenters. The summed E-state index contributed by atoms with van der Waals surface area (Å²) >= 11 is 0. The van der Waals surface area contributed by atoms with Crippen LogP contribution < -0.4 is 9.47 Å². The number of aromatic nitrogens is 1. The van der Waals surface area contributed by atoms with Crippen molar-refractivity contribution in [1.82, 2.24) is 4.98 Å². The zero-order chi connectivity index (χ0) is 38.1. The van der Waals surface area contributed by atoms with E-state index in [2.05, 4.69) is 169 Å². The molecule has 0 fully saturated rings. The maximum Gasteiger partial charge on any atom is 0.119 e. The Kier molecular flexibility index (Phi) is 15.8. The van der Waals surface area contributed by atoms with Gasteiger partial charge in [0.15, 0.2) is 0 Å². The zero-order valence-corrected chi connectivity index (χ0v) is 33.6. The quantitative estimate of drug-likeness (QED) is 0.0802. The van der Waals surface area contributed by atoms with Gasteiger partial charge in [-0.1, -0.05) is 163 Å². The number of nitrogens with zero attached hydrogens (tertiary/aromatic N) is 1. The highest BCUT2D eigenvalue weighted by Crippen LogP contribution is 2.31. The standard InChI is InChI=1S/C51H61NO2/c1-7-11-15-40(9-3)36-53-48-19-13-17-42(33-48)23-27-47-35-50(46-30-28-45(29-31-46)44-25-21-38(5)22-26-44)51(52-39(47)6)32-24-43-18-14-20-49(34-43)54-37-41(10-4)16-12-8-2/h13-14,17-35,40-41H,7-12,15-16,36-37H2,1-6H3/b27-23?,32-24+. The largest absolute Gasteiger partial charge is 0.493 e. The Morgan fingerprint density at radius 1 is 0.556 bits per heavy atom. The molecule has 0 aliphatic heterocycles. The van der Waals surface area contributed by atoms with Crippen molar-refractivity contribution < 1.29 is 9.47 Å². The molecule has 0 bridgehead atoms. The summed E-state index contributed by atoms with van der Waals surface area (Å²) < 4.78 is 12.5. The first-order chi connectivity index (χ1) is 26.4. The number of unbranched alkanes of at least 4 members (excludes halogenated alkanes) is 2. The van der Waals surface area contributed by atoms with E-state index in [0.29, 0.717) is 11.8 Å². The van der Waals surface area contributed by atoms with Crippen molar-refractivity contribution in [3.63, 3.8) is 0 Å². The van der Waals surface area contributed by atoms with Crippen molar-refractivity contribution >= 4 is 24.3 Å². The summed E-state index contributed by atoms with van der Waals surface area (Å²) in [7, 11) is 0. The molecule has 1 aromatic heterocycles. The van der Waals surface area contributed by atoms with Crippen molar-refractivity contribution in [3.8, 4) is 33.8 Å². The molecule has 54 heavy (non-hydrogen) atoms. The second kappa shape index (κ2) is 21.1. The van der Waals surface area contributed by atoms with Gasteiger partial charge in [-0.15, -0.1) is 0 Å². The predicted molar refractivity (Wildman–Crippen MR) is 233 cm³/mol. The molecule has 0 saturated heterocycles. The Morgan fingerprint density at radius 3 is 1.57 bits per heavy atom. The first-order valence-corrected chi connectivity index (χ1v) is 20.4. The molecule has 5 aromatic rings. The summed E-state index contributed by atoms with van der Waals surface area (Å²) in [5, 5.41) is 0. The summed E-state index contributed by atoms with van der Waals surface area (Å²) in [4.78, 5) is 5.19. The lowest BCUT2D eigenvalue weighted by Gasteiger charge is -2.16. The highest BCUT2D eigenvalue weighted by Gasteiger charge is 2.12. The molecule has 3 heteroatoms. The zero-order valence-electron chi connectivity index (χ0n) is 33.6. The summed E-state index contributed by atoms with van der Waals surface area (Å²) in [6, 6.07) is 36.7. The van der Waals surface area contributed by atoms with Gasteiger partial charge in [-0.05, 0) is 108 Å². The van der Waals surface area contributed by atoms with Gasteiger partial charge in [-0.2, -0.15) is 0 Å². The number of aryl methyl sites for hydroxylation is 2. The number of hydrogen-bond donors (Lipinski definition) is 0. The molecule has 2 atom stereocenters. The van der Waals surface area contributed by atoms with E-state index in [4.69, 9.17) is 14.5 Å². The van der Waals surface area contributed by atoms with Gasteiger partial charge < -0.3 is 9.47 Å². The minimum atomic E-state index is 0.593. The minimum absolute atomic E-state index is 0.593. The van der Waals surface area contributed by atoms with Crippen LogP contribution in [0, 0.1) is 25.7 Å². The molecule has 0 saturated carbocycles. The van der Waals surface area contributed by atoms with Crippen LogP contribution in [0.15, 0.2) is 103 Å². The molecule has 282 valence electrons. The molecular weight excluding hydrogens is 659 g/mol. The first-order valence-electron chi connectivity index (χ1n) is 20.4. The molecule has 0 aliphatic carbocycles. The third-order valence-electron chi connectivity index (χ3n) is 10.5. The Labute approximate surface area is 326 Å². The van der Waals surface area contributed by atoms with Crippen LogP contribution in [0.3, 0.4) is 0 Å². The van der Waals surface area contributed by atoms with Crippen LogP contribution >= 0.6 is 0 Å². The smallest absolute Gasteiger partial charge is 0.119 e. The van der Waals surface area contributed by atoms with Crippen LogP contribution in [-0.4, -0.2) is 18.2 Å². The number of ether oxygens (including phenoxy) is 2. The van der Waals surface area contributed by atoms with Gasteiger partial charge in [0.05, 0.1) is 18.9 Å². The third-order valence-corrected chi connectivity index (χ3v) is 10.5. The fourth-order valence-electron chi connectivity index (χ4n) is 6.76. The van der Waals surface area contributed by atoms with Crippen molar-refractivity contribution in [2.45, 2.75) is 92.9 Å². The van der Waals surface area contributed by atoms with Crippen molar-refractivity contribution in [1.29, 1.82) is 0 Å². The average molecular weight is 720 g/mol. The van der Waals surface area contributed by atoms with Crippen LogP contribution in [0.2, 0.25) is 0 Å². The maximum atomic E-state index is 6.28. The van der Waals surface area contributed by atoms with E-state index in [-0.39, 0.29) is 0 Å². The van der Waals surface area contributed by atoms with Gasteiger partial charge in [-0.25, -0.2) is 0 Å². The average Bonchev–Trinajstić information content (AvgIpc) is 3.20. The van der Waals surface area contributed by atoms with E-state index < -0.39 is 0 Å². The molecule has 4 aromatic carbocycles. The van der Waals surface area contributed by atoms with E-state index in [0.717, 1.165) is 76.8 Å². The van der Waals surface area contributed by atoms with E-state index in [9.17, 15) is 0 Å². The lowest BCUT2D eigenvalue weighted by atomic mass is 9.96. The number of rotatable bonds is 20. The monoisotopic (exact) mass is 719 g/mol. The van der Waals surface area contributed by atoms with Gasteiger partial charge in [-0.3, -0.25) is 4.98 Å². The first kappa shape index (κ1) is 40.3. The highest BCUT2D eigenvalue weighted by molar-refractivity contribution is 5.83. The molecule has 3 nitrogen and oxygen atoms in total. The molecule has 0 aliphatic rings. The predicted octanol–water partition coefficient (Wildman–Crippen LogP) is 14.6.